The van der Waals surface area contributed by atoms with Crippen molar-refractivity contribution in [2.24, 2.45) is 0 Å². The molecule has 2 aromatic carbocycles. The topological polar surface area (TPSA) is 112 Å². The van der Waals surface area contributed by atoms with Crippen molar-refractivity contribution >= 4 is 28.6 Å². The van der Waals surface area contributed by atoms with Crippen LogP contribution in [-0.2, 0) is 4.79 Å². The molecule has 34 heavy (non-hydrogen) atoms. The Morgan fingerprint density at radius 2 is 2.00 bits per heavy atom. The number of piperidine rings is 1. The maximum absolute atomic E-state index is 12.5. The highest BCUT2D eigenvalue weighted by Crippen LogP contribution is 2.26. The number of amides is 1. The number of nitriles is 1. The molecule has 4 N–H and O–H groups in total. The number of benzene rings is 2. The lowest BCUT2D eigenvalue weighted by Gasteiger charge is -2.08. The van der Waals surface area contributed by atoms with Crippen LogP contribution in [0, 0.1) is 11.3 Å². The second kappa shape index (κ2) is 13.8. The molecule has 8 heteroatoms. The Morgan fingerprint density at radius 1 is 1.21 bits per heavy atom. The third-order valence-corrected chi connectivity index (χ3v) is 5.19. The van der Waals surface area contributed by atoms with E-state index in [4.69, 9.17) is 4.74 Å². The van der Waals surface area contributed by atoms with Gasteiger partial charge in [-0.2, -0.15) is 5.26 Å². The van der Waals surface area contributed by atoms with Gasteiger partial charge in [0.25, 0.3) is 5.91 Å². The molecular weight excluding hydrogens is 452 g/mol. The number of anilines is 1. The highest BCUT2D eigenvalue weighted by atomic mass is 35.5. The standard InChI is InChI=1S/C21H17N3O3.C5H11N.ClH/c1-2-27-16-9-8-14(20(25)12-16)11-15(13-22)21(26)24-19-7-3-6-18-17(19)5-4-10-23-18;1-2-4-6-5-3-1;/h3-12,25H,2H2,1H3,(H,24,26);6H,1-5H2;1H/b15-11+;;. The number of aromatic hydroxyl groups is 1. The fourth-order valence-electron chi connectivity index (χ4n) is 3.51. The fraction of sp³-hybridized carbons (Fsp3) is 0.269. The van der Waals surface area contributed by atoms with Gasteiger partial charge in [-0.1, -0.05) is 6.07 Å². The minimum Gasteiger partial charge on any atom is -1.00 e. The Hall–Kier alpha value is -3.60. The van der Waals surface area contributed by atoms with Gasteiger partial charge in [0.05, 0.1) is 30.9 Å². The van der Waals surface area contributed by atoms with E-state index in [1.807, 2.05) is 25.1 Å². The van der Waals surface area contributed by atoms with Crippen LogP contribution >= 0.6 is 0 Å². The average Bonchev–Trinajstić information content (AvgIpc) is 2.85. The van der Waals surface area contributed by atoms with Crippen molar-refractivity contribution < 1.29 is 32.4 Å². The number of rotatable bonds is 5. The highest BCUT2D eigenvalue weighted by molar-refractivity contribution is 6.12. The first-order chi connectivity index (χ1) is 16.1. The van der Waals surface area contributed by atoms with Crippen LogP contribution in [-0.4, -0.2) is 35.7 Å². The van der Waals surface area contributed by atoms with Crippen LogP contribution in [0.2, 0.25) is 0 Å². The number of fused-ring (bicyclic) bond motifs is 1. The van der Waals surface area contributed by atoms with E-state index < -0.39 is 5.91 Å². The van der Waals surface area contributed by atoms with Crippen LogP contribution in [0.5, 0.6) is 11.5 Å². The van der Waals surface area contributed by atoms with Crippen LogP contribution in [0.25, 0.3) is 17.0 Å². The number of nitrogens with zero attached hydrogens (tertiary/aromatic N) is 2. The number of aromatic nitrogens is 1. The highest BCUT2D eigenvalue weighted by Gasteiger charge is 2.13. The molecule has 1 aliphatic rings. The first kappa shape index (κ1) is 26.7. The smallest absolute Gasteiger partial charge is 0.266 e. The minimum absolute atomic E-state index is 0. The molecule has 0 aliphatic carbocycles. The van der Waals surface area contributed by atoms with Crippen molar-refractivity contribution in [3.05, 3.63) is 65.9 Å². The van der Waals surface area contributed by atoms with Crippen LogP contribution in [0.3, 0.4) is 0 Å². The van der Waals surface area contributed by atoms with E-state index in [2.05, 4.69) is 15.6 Å². The molecule has 0 atom stereocenters. The van der Waals surface area contributed by atoms with Crippen LogP contribution in [0.1, 0.15) is 31.7 Å². The number of carbonyl (C=O) groups is 1. The van der Waals surface area contributed by atoms with Crippen LogP contribution in [0.15, 0.2) is 60.3 Å². The molecule has 0 radical (unpaired) electrons. The Kier molecular flexibility index (Phi) is 10.8. The molecular formula is C26H29ClN4O3. The summed E-state index contributed by atoms with van der Waals surface area (Å²) >= 11 is 0. The van der Waals surface area contributed by atoms with Crippen LogP contribution in [0.4, 0.5) is 5.69 Å². The van der Waals surface area contributed by atoms with E-state index >= 15 is 0 Å². The first-order valence-electron chi connectivity index (χ1n) is 11.2. The number of halogens is 1. The molecule has 7 nitrogen and oxygen atoms in total. The maximum Gasteiger partial charge on any atom is 0.266 e. The molecule has 0 unspecified atom stereocenters. The zero-order valence-corrected chi connectivity index (χ0v) is 19.9. The number of nitrogens with two attached hydrogens (primary N) is 1. The van der Waals surface area contributed by atoms with Gasteiger partial charge in [0.2, 0.25) is 0 Å². The van der Waals surface area contributed by atoms with Crippen LogP contribution < -0.4 is 27.8 Å². The van der Waals surface area contributed by atoms with Gasteiger partial charge in [0, 0.05) is 23.2 Å². The van der Waals surface area contributed by atoms with E-state index in [0.29, 0.717) is 23.6 Å². The Morgan fingerprint density at radius 3 is 2.62 bits per heavy atom. The van der Waals surface area contributed by atoms with Gasteiger partial charge in [-0.05, 0) is 68.7 Å². The largest absolute Gasteiger partial charge is 1.00 e. The first-order valence-corrected chi connectivity index (χ1v) is 11.2. The number of carbonyl (C=O) groups excluding carboxylic acids is 1. The molecule has 0 saturated carbocycles. The lowest BCUT2D eigenvalue weighted by molar-refractivity contribution is -0.662. The second-order valence-electron chi connectivity index (χ2n) is 7.58. The Labute approximate surface area is 205 Å². The van der Waals surface area contributed by atoms with E-state index in [-0.39, 0.29) is 23.7 Å². The number of phenolic OH excluding ortho intramolecular Hbond substituents is 1. The number of ether oxygens (including phenoxy) is 1. The van der Waals surface area contributed by atoms with Crippen molar-refractivity contribution in [2.75, 3.05) is 25.0 Å². The zero-order chi connectivity index (χ0) is 23.5. The SMILES string of the molecule is C1CC[NH2+]CC1.CCOc1ccc(/C=C(\C#N)C(=O)Nc2cccc3ncccc23)c(O)c1.[Cl-]. The molecule has 1 amide bonds. The summed E-state index contributed by atoms with van der Waals surface area (Å²) in [7, 11) is 0. The maximum atomic E-state index is 12.5. The summed E-state index contributed by atoms with van der Waals surface area (Å²) in [6.07, 6.45) is 7.36. The number of pyridine rings is 1. The van der Waals surface area contributed by atoms with Crippen molar-refractivity contribution in [3.8, 4) is 17.6 Å². The zero-order valence-electron chi connectivity index (χ0n) is 19.1. The van der Waals surface area contributed by atoms with Gasteiger partial charge >= 0.3 is 0 Å². The second-order valence-corrected chi connectivity index (χ2v) is 7.58. The summed E-state index contributed by atoms with van der Waals surface area (Å²) in [4.78, 5) is 16.8. The number of hydrogen-bond donors (Lipinski definition) is 3. The lowest BCUT2D eigenvalue weighted by Crippen LogP contribution is -3.00. The van der Waals surface area contributed by atoms with E-state index in [1.165, 1.54) is 44.5 Å². The number of quaternary nitrogens is 1. The van der Waals surface area contributed by atoms with E-state index in [9.17, 15) is 15.2 Å². The Balaban J connectivity index is 0.000000508. The summed E-state index contributed by atoms with van der Waals surface area (Å²) in [5, 5.41) is 25.4. The van der Waals surface area contributed by atoms with Gasteiger partial charge in [-0.3, -0.25) is 9.78 Å². The number of hydrogen-bond acceptors (Lipinski definition) is 5. The van der Waals surface area contributed by atoms with Gasteiger partial charge in [0.1, 0.15) is 23.1 Å². The molecule has 4 rings (SSSR count). The van der Waals surface area contributed by atoms with Crippen molar-refractivity contribution in [1.82, 2.24) is 4.98 Å². The van der Waals surface area contributed by atoms with E-state index in [1.54, 1.807) is 36.5 Å². The number of nitrogens with one attached hydrogen (secondary N) is 1. The lowest BCUT2D eigenvalue weighted by atomic mass is 10.1. The predicted molar refractivity (Wildman–Crippen MR) is 129 cm³/mol. The third-order valence-electron chi connectivity index (χ3n) is 5.19. The summed E-state index contributed by atoms with van der Waals surface area (Å²) < 4.78 is 5.31. The third kappa shape index (κ3) is 7.48. The number of phenols is 1. The van der Waals surface area contributed by atoms with Gasteiger partial charge in [-0.25, -0.2) is 0 Å². The predicted octanol–water partition coefficient (Wildman–Crippen LogP) is 0.622. The average molecular weight is 481 g/mol. The van der Waals surface area contributed by atoms with E-state index in [0.717, 1.165) is 10.9 Å². The summed E-state index contributed by atoms with van der Waals surface area (Å²) in [6.45, 7) is 5.06. The molecule has 1 aromatic heterocycles. The summed E-state index contributed by atoms with van der Waals surface area (Å²) in [5.74, 6) is -0.128. The normalized spacial score (nSPS) is 13.0. The molecule has 2 heterocycles. The van der Waals surface area contributed by atoms with Crippen molar-refractivity contribution in [1.29, 1.82) is 5.26 Å². The van der Waals surface area contributed by atoms with Gasteiger partial charge in [0.15, 0.2) is 0 Å². The van der Waals surface area contributed by atoms with Gasteiger partial charge < -0.3 is 32.9 Å². The van der Waals surface area contributed by atoms with Crippen molar-refractivity contribution in [3.63, 3.8) is 0 Å². The molecule has 0 spiro atoms. The monoisotopic (exact) mass is 480 g/mol. The molecule has 0 bridgehead atoms. The quantitative estimate of drug-likeness (QED) is 0.366. The fourth-order valence-corrected chi connectivity index (χ4v) is 3.51. The molecule has 178 valence electrons. The molecule has 1 fully saturated rings. The summed E-state index contributed by atoms with van der Waals surface area (Å²) in [5.41, 5.74) is 1.52. The van der Waals surface area contributed by atoms with Gasteiger partial charge in [-0.15, -0.1) is 0 Å². The Bertz CT molecular complexity index is 1150. The molecule has 3 aromatic rings. The molecule has 1 aliphatic heterocycles. The summed E-state index contributed by atoms with van der Waals surface area (Å²) in [6, 6.07) is 15.5. The van der Waals surface area contributed by atoms with Crippen molar-refractivity contribution in [2.45, 2.75) is 26.2 Å². The minimum atomic E-state index is -0.567. The molecule has 1 saturated heterocycles.